The normalized spacial score (nSPS) is 23.4. The van der Waals surface area contributed by atoms with Crippen molar-refractivity contribution < 1.29 is 5.11 Å². The number of fused-ring (bicyclic) bond motifs is 1. The Balaban J connectivity index is 1.80. The summed E-state index contributed by atoms with van der Waals surface area (Å²) in [5.74, 6) is 1.14. The molecule has 1 aliphatic carbocycles. The van der Waals surface area contributed by atoms with E-state index in [-0.39, 0.29) is 6.61 Å². The molecule has 3 rings (SSSR count). The highest BCUT2D eigenvalue weighted by Crippen LogP contribution is 2.26. The average molecular weight is 258 g/mol. The number of aliphatic hydroxyl groups excluding tert-OH is 1. The third-order valence-electron chi connectivity index (χ3n) is 3.81. The summed E-state index contributed by atoms with van der Waals surface area (Å²) in [6.07, 6.45) is 7.91. The molecule has 0 aromatic carbocycles. The van der Waals surface area contributed by atoms with Crippen molar-refractivity contribution in [2.45, 2.75) is 31.7 Å². The van der Waals surface area contributed by atoms with Crippen LogP contribution in [0.3, 0.4) is 0 Å². The summed E-state index contributed by atoms with van der Waals surface area (Å²) in [5.41, 5.74) is 1.46. The van der Waals surface area contributed by atoms with Crippen molar-refractivity contribution in [1.82, 2.24) is 15.0 Å². The summed E-state index contributed by atoms with van der Waals surface area (Å²) in [7, 11) is 0. The van der Waals surface area contributed by atoms with Crippen LogP contribution in [0.15, 0.2) is 24.5 Å². The van der Waals surface area contributed by atoms with Crippen LogP contribution >= 0.6 is 0 Å². The van der Waals surface area contributed by atoms with E-state index in [1.54, 1.807) is 12.4 Å². The molecule has 100 valence electrons. The Morgan fingerprint density at radius 3 is 2.89 bits per heavy atom. The van der Waals surface area contributed by atoms with Crippen LogP contribution in [0.1, 0.15) is 25.7 Å². The zero-order chi connectivity index (χ0) is 13.1. The second-order valence-corrected chi connectivity index (χ2v) is 5.07. The first-order valence-corrected chi connectivity index (χ1v) is 6.82. The summed E-state index contributed by atoms with van der Waals surface area (Å²) >= 11 is 0. The number of pyridine rings is 1. The Hall–Kier alpha value is -1.75. The van der Waals surface area contributed by atoms with Gasteiger partial charge in [-0.25, -0.2) is 9.97 Å². The molecule has 2 aromatic rings. The standard InChI is InChI=1S/C14H18N4O/c19-9-10-3-1-2-4-11(10)17-13-6-5-12-14(18-13)16-8-7-15-12/h5-8,10-11,19H,1-4,9H2,(H,16,17,18). The third-order valence-corrected chi connectivity index (χ3v) is 3.81. The molecule has 0 radical (unpaired) electrons. The largest absolute Gasteiger partial charge is 0.396 e. The van der Waals surface area contributed by atoms with Crippen LogP contribution in [-0.4, -0.2) is 32.7 Å². The highest BCUT2D eigenvalue weighted by atomic mass is 16.3. The Bertz CT molecular complexity index is 560. The van der Waals surface area contributed by atoms with Crippen molar-refractivity contribution in [2.24, 2.45) is 5.92 Å². The summed E-state index contributed by atoms with van der Waals surface area (Å²) in [5, 5.41) is 12.9. The van der Waals surface area contributed by atoms with Gasteiger partial charge in [0.2, 0.25) is 0 Å². The Labute approximate surface area is 112 Å². The van der Waals surface area contributed by atoms with E-state index in [1.165, 1.54) is 12.8 Å². The molecule has 2 N–H and O–H groups in total. The van der Waals surface area contributed by atoms with E-state index in [0.29, 0.717) is 17.6 Å². The van der Waals surface area contributed by atoms with Crippen LogP contribution in [0.4, 0.5) is 5.82 Å². The van der Waals surface area contributed by atoms with E-state index in [2.05, 4.69) is 20.3 Å². The molecule has 2 aromatic heterocycles. The van der Waals surface area contributed by atoms with Gasteiger partial charge in [0.25, 0.3) is 0 Å². The Morgan fingerprint density at radius 2 is 2.00 bits per heavy atom. The molecule has 1 aliphatic rings. The van der Waals surface area contributed by atoms with Crippen molar-refractivity contribution in [3.63, 3.8) is 0 Å². The minimum Gasteiger partial charge on any atom is -0.396 e. The second kappa shape index (κ2) is 5.48. The van der Waals surface area contributed by atoms with Gasteiger partial charge in [-0.15, -0.1) is 0 Å². The molecule has 5 heteroatoms. The third kappa shape index (κ3) is 2.66. The van der Waals surface area contributed by atoms with Gasteiger partial charge in [0.1, 0.15) is 11.3 Å². The quantitative estimate of drug-likeness (QED) is 0.881. The van der Waals surface area contributed by atoms with Crippen LogP contribution < -0.4 is 5.32 Å². The predicted octanol–water partition coefficient (Wildman–Crippen LogP) is 1.99. The number of anilines is 1. The lowest BCUT2D eigenvalue weighted by molar-refractivity contribution is 0.178. The first kappa shape index (κ1) is 12.3. The van der Waals surface area contributed by atoms with E-state index < -0.39 is 0 Å². The number of hydrogen-bond donors (Lipinski definition) is 2. The van der Waals surface area contributed by atoms with E-state index >= 15 is 0 Å². The van der Waals surface area contributed by atoms with Gasteiger partial charge in [-0.05, 0) is 25.0 Å². The molecular formula is C14H18N4O. The fourth-order valence-corrected chi connectivity index (χ4v) is 2.74. The molecule has 2 heterocycles. The summed E-state index contributed by atoms with van der Waals surface area (Å²) < 4.78 is 0. The molecule has 2 atom stereocenters. The Morgan fingerprint density at radius 1 is 1.16 bits per heavy atom. The van der Waals surface area contributed by atoms with Crippen molar-refractivity contribution in [3.05, 3.63) is 24.5 Å². The van der Waals surface area contributed by atoms with Crippen LogP contribution in [0.2, 0.25) is 0 Å². The van der Waals surface area contributed by atoms with E-state index in [1.807, 2.05) is 12.1 Å². The van der Waals surface area contributed by atoms with E-state index in [0.717, 1.165) is 24.2 Å². The monoisotopic (exact) mass is 258 g/mol. The van der Waals surface area contributed by atoms with Crippen molar-refractivity contribution in [3.8, 4) is 0 Å². The average Bonchev–Trinajstić information content (AvgIpc) is 2.48. The fourth-order valence-electron chi connectivity index (χ4n) is 2.74. The molecule has 0 saturated heterocycles. The molecule has 5 nitrogen and oxygen atoms in total. The van der Waals surface area contributed by atoms with Crippen LogP contribution in [0, 0.1) is 5.92 Å². The molecule has 1 saturated carbocycles. The summed E-state index contributed by atoms with van der Waals surface area (Å²) in [6, 6.07) is 4.16. The molecule has 2 unspecified atom stereocenters. The predicted molar refractivity (Wildman–Crippen MR) is 73.8 cm³/mol. The fraction of sp³-hybridized carbons (Fsp3) is 0.500. The summed E-state index contributed by atoms with van der Waals surface area (Å²) in [6.45, 7) is 0.241. The minimum absolute atomic E-state index is 0.241. The zero-order valence-corrected chi connectivity index (χ0v) is 10.8. The maximum Gasteiger partial charge on any atom is 0.180 e. The van der Waals surface area contributed by atoms with Gasteiger partial charge < -0.3 is 10.4 Å². The topological polar surface area (TPSA) is 70.9 Å². The van der Waals surface area contributed by atoms with Gasteiger partial charge in [-0.1, -0.05) is 12.8 Å². The van der Waals surface area contributed by atoms with Crippen molar-refractivity contribution >= 4 is 17.0 Å². The number of aliphatic hydroxyl groups is 1. The van der Waals surface area contributed by atoms with Gasteiger partial charge in [0.05, 0.1) is 0 Å². The van der Waals surface area contributed by atoms with E-state index in [4.69, 9.17) is 0 Å². The number of nitrogens with one attached hydrogen (secondary N) is 1. The highest BCUT2D eigenvalue weighted by Gasteiger charge is 2.24. The van der Waals surface area contributed by atoms with Crippen molar-refractivity contribution in [2.75, 3.05) is 11.9 Å². The van der Waals surface area contributed by atoms with Crippen LogP contribution in [-0.2, 0) is 0 Å². The van der Waals surface area contributed by atoms with Crippen LogP contribution in [0.5, 0.6) is 0 Å². The smallest absolute Gasteiger partial charge is 0.180 e. The second-order valence-electron chi connectivity index (χ2n) is 5.07. The van der Waals surface area contributed by atoms with E-state index in [9.17, 15) is 5.11 Å². The Kier molecular flexibility index (Phi) is 3.55. The first-order chi connectivity index (χ1) is 9.36. The lowest BCUT2D eigenvalue weighted by Gasteiger charge is -2.31. The molecule has 0 amide bonds. The highest BCUT2D eigenvalue weighted by molar-refractivity contribution is 5.71. The van der Waals surface area contributed by atoms with Gasteiger partial charge in [-0.2, -0.15) is 0 Å². The van der Waals surface area contributed by atoms with Crippen LogP contribution in [0.25, 0.3) is 11.2 Å². The van der Waals surface area contributed by atoms with Gasteiger partial charge in [0, 0.05) is 31.0 Å². The van der Waals surface area contributed by atoms with Gasteiger partial charge in [0.15, 0.2) is 5.65 Å². The summed E-state index contributed by atoms with van der Waals surface area (Å²) in [4.78, 5) is 12.9. The lowest BCUT2D eigenvalue weighted by Crippen LogP contribution is -2.34. The number of hydrogen-bond acceptors (Lipinski definition) is 5. The molecule has 19 heavy (non-hydrogen) atoms. The molecule has 0 aliphatic heterocycles. The van der Waals surface area contributed by atoms with Gasteiger partial charge >= 0.3 is 0 Å². The zero-order valence-electron chi connectivity index (χ0n) is 10.8. The number of aromatic nitrogens is 3. The maximum atomic E-state index is 9.43. The van der Waals surface area contributed by atoms with Gasteiger partial charge in [-0.3, -0.25) is 4.98 Å². The molecule has 0 spiro atoms. The molecule has 0 bridgehead atoms. The number of nitrogens with zero attached hydrogens (tertiary/aromatic N) is 3. The maximum absolute atomic E-state index is 9.43. The van der Waals surface area contributed by atoms with Crippen molar-refractivity contribution in [1.29, 1.82) is 0 Å². The molecule has 1 fully saturated rings. The number of rotatable bonds is 3. The lowest BCUT2D eigenvalue weighted by atomic mass is 9.85. The SMILES string of the molecule is OCC1CCCCC1Nc1ccc2nccnc2n1. The minimum atomic E-state index is 0.241. The molecular weight excluding hydrogens is 240 g/mol. The first-order valence-electron chi connectivity index (χ1n) is 6.82.